The van der Waals surface area contributed by atoms with Crippen molar-refractivity contribution in [2.24, 2.45) is 0 Å². The number of nitrogens with one attached hydrogen (secondary N) is 1. The van der Waals surface area contributed by atoms with Crippen LogP contribution in [0, 0.1) is 0 Å². The SMILES string of the molecule is CC[C@@H](C)NC(=O)COC(=O)[C@@H]1COc2ccccc2O1. The van der Waals surface area contributed by atoms with Crippen molar-refractivity contribution in [1.82, 2.24) is 5.32 Å². The summed E-state index contributed by atoms with van der Waals surface area (Å²) in [5.41, 5.74) is 0. The maximum Gasteiger partial charge on any atom is 0.351 e. The Balaban J connectivity index is 1.81. The quantitative estimate of drug-likeness (QED) is 0.828. The Bertz CT molecular complexity index is 517. The van der Waals surface area contributed by atoms with E-state index in [2.05, 4.69) is 5.32 Å². The van der Waals surface area contributed by atoms with Crippen molar-refractivity contribution >= 4 is 11.9 Å². The van der Waals surface area contributed by atoms with Gasteiger partial charge in [0.25, 0.3) is 5.91 Å². The van der Waals surface area contributed by atoms with Crippen molar-refractivity contribution < 1.29 is 23.8 Å². The predicted molar refractivity (Wildman–Crippen MR) is 75.2 cm³/mol. The van der Waals surface area contributed by atoms with Gasteiger partial charge in [-0.15, -0.1) is 0 Å². The average molecular weight is 293 g/mol. The van der Waals surface area contributed by atoms with E-state index < -0.39 is 12.1 Å². The largest absolute Gasteiger partial charge is 0.485 e. The highest BCUT2D eigenvalue weighted by Gasteiger charge is 2.29. The van der Waals surface area contributed by atoms with Gasteiger partial charge in [-0.1, -0.05) is 19.1 Å². The Labute approximate surface area is 123 Å². The molecule has 0 aliphatic carbocycles. The summed E-state index contributed by atoms with van der Waals surface area (Å²) in [5, 5.41) is 2.72. The molecular formula is C15H19NO5. The number of hydrogen-bond acceptors (Lipinski definition) is 5. The third-order valence-corrected chi connectivity index (χ3v) is 3.14. The maximum absolute atomic E-state index is 11.9. The van der Waals surface area contributed by atoms with Gasteiger partial charge in [-0.05, 0) is 25.5 Å². The summed E-state index contributed by atoms with van der Waals surface area (Å²) >= 11 is 0. The zero-order chi connectivity index (χ0) is 15.2. The first-order chi connectivity index (χ1) is 10.1. The van der Waals surface area contributed by atoms with Crippen molar-refractivity contribution in [2.75, 3.05) is 13.2 Å². The summed E-state index contributed by atoms with van der Waals surface area (Å²) < 4.78 is 15.9. The summed E-state index contributed by atoms with van der Waals surface area (Å²) in [4.78, 5) is 23.4. The molecule has 1 heterocycles. The lowest BCUT2D eigenvalue weighted by Gasteiger charge is -2.24. The van der Waals surface area contributed by atoms with E-state index in [9.17, 15) is 9.59 Å². The fraction of sp³-hybridized carbons (Fsp3) is 0.467. The molecular weight excluding hydrogens is 274 g/mol. The summed E-state index contributed by atoms with van der Waals surface area (Å²) in [6, 6.07) is 7.13. The zero-order valence-corrected chi connectivity index (χ0v) is 12.1. The van der Waals surface area contributed by atoms with E-state index in [0.717, 1.165) is 6.42 Å². The molecule has 0 spiro atoms. The van der Waals surface area contributed by atoms with E-state index in [-0.39, 0.29) is 25.2 Å². The third-order valence-electron chi connectivity index (χ3n) is 3.14. The van der Waals surface area contributed by atoms with Gasteiger partial charge in [-0.3, -0.25) is 4.79 Å². The van der Waals surface area contributed by atoms with Crippen LogP contribution in [0.3, 0.4) is 0 Å². The lowest BCUT2D eigenvalue weighted by atomic mass is 10.2. The minimum absolute atomic E-state index is 0.0531. The molecule has 0 fully saturated rings. The van der Waals surface area contributed by atoms with Crippen molar-refractivity contribution in [3.05, 3.63) is 24.3 Å². The normalized spacial score (nSPS) is 17.7. The van der Waals surface area contributed by atoms with Gasteiger partial charge >= 0.3 is 5.97 Å². The van der Waals surface area contributed by atoms with Gasteiger partial charge < -0.3 is 19.5 Å². The molecule has 2 atom stereocenters. The Morgan fingerprint density at radius 3 is 2.81 bits per heavy atom. The highest BCUT2D eigenvalue weighted by Crippen LogP contribution is 2.31. The van der Waals surface area contributed by atoms with E-state index >= 15 is 0 Å². The molecule has 0 radical (unpaired) electrons. The van der Waals surface area contributed by atoms with Gasteiger partial charge in [-0.25, -0.2) is 4.79 Å². The molecule has 114 valence electrons. The summed E-state index contributed by atoms with van der Waals surface area (Å²) in [5.74, 6) is 0.157. The van der Waals surface area contributed by atoms with E-state index in [1.807, 2.05) is 19.9 Å². The molecule has 1 aliphatic rings. The van der Waals surface area contributed by atoms with Crippen molar-refractivity contribution in [3.63, 3.8) is 0 Å². The number of carbonyl (C=O) groups excluding carboxylic acids is 2. The van der Waals surface area contributed by atoms with Gasteiger partial charge in [-0.2, -0.15) is 0 Å². The van der Waals surface area contributed by atoms with Gasteiger partial charge in [0, 0.05) is 6.04 Å². The molecule has 0 unspecified atom stereocenters. The number of carbonyl (C=O) groups is 2. The predicted octanol–water partition coefficient (Wildman–Crippen LogP) is 1.28. The molecule has 0 bridgehead atoms. The minimum atomic E-state index is -0.851. The first-order valence-electron chi connectivity index (χ1n) is 6.94. The molecule has 0 aromatic heterocycles. The van der Waals surface area contributed by atoms with Gasteiger partial charge in [0.1, 0.15) is 6.61 Å². The van der Waals surface area contributed by atoms with E-state index in [4.69, 9.17) is 14.2 Å². The van der Waals surface area contributed by atoms with Gasteiger partial charge in [0.15, 0.2) is 18.1 Å². The number of ether oxygens (including phenoxy) is 3. The summed E-state index contributed by atoms with van der Waals surface area (Å²) in [7, 11) is 0. The molecule has 21 heavy (non-hydrogen) atoms. The van der Waals surface area contributed by atoms with Crippen LogP contribution in [0.4, 0.5) is 0 Å². The van der Waals surface area contributed by atoms with Gasteiger partial charge in [0.2, 0.25) is 6.10 Å². The number of hydrogen-bond donors (Lipinski definition) is 1. The Hall–Kier alpha value is -2.24. The van der Waals surface area contributed by atoms with Crippen LogP contribution in [-0.2, 0) is 14.3 Å². The third kappa shape index (κ3) is 4.11. The number of fused-ring (bicyclic) bond motifs is 1. The topological polar surface area (TPSA) is 73.9 Å². The van der Waals surface area contributed by atoms with Crippen LogP contribution in [0.25, 0.3) is 0 Å². The fourth-order valence-corrected chi connectivity index (χ4v) is 1.78. The highest BCUT2D eigenvalue weighted by atomic mass is 16.6. The number of benzene rings is 1. The van der Waals surface area contributed by atoms with Crippen molar-refractivity contribution in [1.29, 1.82) is 0 Å². The first-order valence-corrected chi connectivity index (χ1v) is 6.94. The fourth-order valence-electron chi connectivity index (χ4n) is 1.78. The second kappa shape index (κ2) is 6.97. The molecule has 1 aromatic rings. The van der Waals surface area contributed by atoms with Crippen LogP contribution < -0.4 is 14.8 Å². The van der Waals surface area contributed by atoms with E-state index in [1.165, 1.54) is 0 Å². The van der Waals surface area contributed by atoms with Crippen LogP contribution in [0.5, 0.6) is 11.5 Å². The van der Waals surface area contributed by atoms with Crippen LogP contribution >= 0.6 is 0 Å². The van der Waals surface area contributed by atoms with Crippen LogP contribution in [0.1, 0.15) is 20.3 Å². The maximum atomic E-state index is 11.9. The molecule has 1 amide bonds. The lowest BCUT2D eigenvalue weighted by molar-refractivity contribution is -0.157. The Morgan fingerprint density at radius 1 is 1.38 bits per heavy atom. The summed E-state index contributed by atoms with van der Waals surface area (Å²) in [6.45, 7) is 3.60. The number of amides is 1. The lowest BCUT2D eigenvalue weighted by Crippen LogP contribution is -2.40. The number of rotatable bonds is 5. The summed E-state index contributed by atoms with van der Waals surface area (Å²) in [6.07, 6.45) is -0.0351. The standard InChI is InChI=1S/C15H19NO5/c1-3-10(2)16-14(17)9-20-15(18)13-8-19-11-6-4-5-7-12(11)21-13/h4-7,10,13H,3,8-9H2,1-2H3,(H,16,17)/t10-,13+/m1/s1. The monoisotopic (exact) mass is 293 g/mol. The number of esters is 1. The minimum Gasteiger partial charge on any atom is -0.485 e. The second-order valence-electron chi connectivity index (χ2n) is 4.85. The smallest absolute Gasteiger partial charge is 0.351 e. The van der Waals surface area contributed by atoms with Crippen LogP contribution in [0.15, 0.2) is 24.3 Å². The molecule has 1 aliphatic heterocycles. The average Bonchev–Trinajstić information content (AvgIpc) is 2.51. The second-order valence-corrected chi connectivity index (χ2v) is 4.85. The van der Waals surface area contributed by atoms with Gasteiger partial charge in [0.05, 0.1) is 0 Å². The highest BCUT2D eigenvalue weighted by molar-refractivity contribution is 5.82. The Kier molecular flexibility index (Phi) is 5.03. The Morgan fingerprint density at radius 2 is 2.10 bits per heavy atom. The van der Waals surface area contributed by atoms with Crippen molar-refractivity contribution in [3.8, 4) is 11.5 Å². The van der Waals surface area contributed by atoms with Crippen molar-refractivity contribution in [2.45, 2.75) is 32.4 Å². The first kappa shape index (κ1) is 15.2. The molecule has 6 heteroatoms. The zero-order valence-electron chi connectivity index (χ0n) is 12.1. The molecule has 2 rings (SSSR count). The molecule has 6 nitrogen and oxygen atoms in total. The van der Waals surface area contributed by atoms with E-state index in [1.54, 1.807) is 18.2 Å². The molecule has 0 saturated heterocycles. The van der Waals surface area contributed by atoms with E-state index in [0.29, 0.717) is 11.5 Å². The van der Waals surface area contributed by atoms with Crippen LogP contribution in [0.2, 0.25) is 0 Å². The number of para-hydroxylation sites is 2. The molecule has 1 aromatic carbocycles. The molecule has 1 N–H and O–H groups in total. The molecule has 0 saturated carbocycles. The van der Waals surface area contributed by atoms with Crippen LogP contribution in [-0.4, -0.2) is 37.2 Å².